The molecule has 0 bridgehead atoms. The Kier molecular flexibility index (Phi) is 9.04. The van der Waals surface area contributed by atoms with Crippen molar-refractivity contribution in [2.24, 2.45) is 5.10 Å². The Balaban J connectivity index is 1.66. The topological polar surface area (TPSA) is 82.0 Å². The zero-order valence-corrected chi connectivity index (χ0v) is 21.1. The van der Waals surface area contributed by atoms with Crippen molar-refractivity contribution < 1.29 is 19.0 Å². The molecule has 0 aliphatic heterocycles. The minimum Gasteiger partial charge on any atom is -0.496 e. The summed E-state index contributed by atoms with van der Waals surface area (Å²) in [6, 6.07) is 12.1. The van der Waals surface area contributed by atoms with E-state index in [-0.39, 0.29) is 12.4 Å². The summed E-state index contributed by atoms with van der Waals surface area (Å²) in [6.45, 7) is 8.89. The number of benzene rings is 2. The average Bonchev–Trinajstić information content (AvgIpc) is 3.24. The molecule has 3 rings (SSSR count). The number of carbonyl (C=O) groups excluding carboxylic acids is 1. The maximum atomic E-state index is 11.6. The molecule has 0 aliphatic carbocycles. The van der Waals surface area contributed by atoms with E-state index in [9.17, 15) is 4.79 Å². The summed E-state index contributed by atoms with van der Waals surface area (Å²) >= 11 is 1.38. The second-order valence-corrected chi connectivity index (χ2v) is 8.91. The summed E-state index contributed by atoms with van der Waals surface area (Å²) in [5.74, 6) is 1.72. The second kappa shape index (κ2) is 12.2. The molecule has 34 heavy (non-hydrogen) atoms. The highest BCUT2D eigenvalue weighted by atomic mass is 32.1. The van der Waals surface area contributed by atoms with Crippen molar-refractivity contribution in [3.8, 4) is 11.5 Å². The Morgan fingerprint density at radius 1 is 1.21 bits per heavy atom. The maximum absolute atomic E-state index is 11.6. The van der Waals surface area contributed by atoms with Gasteiger partial charge in [-0.1, -0.05) is 26.0 Å². The first-order valence-corrected chi connectivity index (χ1v) is 12.1. The molecule has 0 spiro atoms. The molecular formula is C26H31N3O4S. The predicted octanol–water partition coefficient (Wildman–Crippen LogP) is 5.71. The van der Waals surface area contributed by atoms with Crippen LogP contribution in [0.4, 0.5) is 5.13 Å². The van der Waals surface area contributed by atoms with E-state index in [2.05, 4.69) is 54.5 Å². The third-order valence-corrected chi connectivity index (χ3v) is 5.83. The van der Waals surface area contributed by atoms with E-state index >= 15 is 0 Å². The van der Waals surface area contributed by atoms with Crippen LogP contribution in [-0.2, 0) is 22.6 Å². The number of methoxy groups -OCH3 is 1. The molecule has 3 aromatic rings. The number of esters is 1. The Labute approximate surface area is 204 Å². The van der Waals surface area contributed by atoms with E-state index in [1.54, 1.807) is 20.2 Å². The number of nitrogens with zero attached hydrogens (tertiary/aromatic N) is 2. The van der Waals surface area contributed by atoms with Gasteiger partial charge in [0, 0.05) is 10.9 Å². The molecule has 2 aromatic carbocycles. The number of rotatable bonds is 11. The largest absolute Gasteiger partial charge is 0.496 e. The minimum absolute atomic E-state index is 0.150. The van der Waals surface area contributed by atoms with Gasteiger partial charge in [-0.2, -0.15) is 5.10 Å². The van der Waals surface area contributed by atoms with Gasteiger partial charge in [-0.3, -0.25) is 10.2 Å². The van der Waals surface area contributed by atoms with Gasteiger partial charge in [0.05, 0.1) is 32.0 Å². The van der Waals surface area contributed by atoms with Gasteiger partial charge < -0.3 is 14.2 Å². The van der Waals surface area contributed by atoms with Gasteiger partial charge in [0.2, 0.25) is 5.13 Å². The van der Waals surface area contributed by atoms with E-state index in [0.29, 0.717) is 30.0 Å². The lowest BCUT2D eigenvalue weighted by Gasteiger charge is -2.16. The van der Waals surface area contributed by atoms with Crippen molar-refractivity contribution in [1.29, 1.82) is 0 Å². The van der Waals surface area contributed by atoms with Crippen molar-refractivity contribution >= 4 is 28.7 Å². The lowest BCUT2D eigenvalue weighted by molar-refractivity contribution is -0.142. The van der Waals surface area contributed by atoms with Crippen LogP contribution < -0.4 is 14.9 Å². The van der Waals surface area contributed by atoms with E-state index < -0.39 is 0 Å². The molecule has 1 aromatic heterocycles. The lowest BCUT2D eigenvalue weighted by Crippen LogP contribution is -2.07. The van der Waals surface area contributed by atoms with Gasteiger partial charge >= 0.3 is 5.97 Å². The van der Waals surface area contributed by atoms with Gasteiger partial charge in [-0.25, -0.2) is 4.98 Å². The highest BCUT2D eigenvalue weighted by Crippen LogP contribution is 2.29. The van der Waals surface area contributed by atoms with Gasteiger partial charge in [0.1, 0.15) is 18.1 Å². The van der Waals surface area contributed by atoms with Crippen molar-refractivity contribution in [3.05, 3.63) is 69.7 Å². The fourth-order valence-corrected chi connectivity index (χ4v) is 4.01. The molecule has 0 saturated carbocycles. The first kappa shape index (κ1) is 25.2. The maximum Gasteiger partial charge on any atom is 0.311 e. The molecule has 0 fully saturated rings. The Morgan fingerprint density at radius 2 is 2.03 bits per heavy atom. The molecular weight excluding hydrogens is 450 g/mol. The predicted molar refractivity (Wildman–Crippen MR) is 136 cm³/mol. The van der Waals surface area contributed by atoms with Crippen LogP contribution in [0.25, 0.3) is 0 Å². The number of aromatic nitrogens is 1. The highest BCUT2D eigenvalue weighted by Gasteiger charge is 2.11. The Morgan fingerprint density at radius 3 is 2.76 bits per heavy atom. The van der Waals surface area contributed by atoms with E-state index in [1.807, 2.05) is 23.6 Å². The van der Waals surface area contributed by atoms with Crippen LogP contribution in [0.3, 0.4) is 0 Å². The van der Waals surface area contributed by atoms with Gasteiger partial charge in [-0.05, 0) is 60.7 Å². The van der Waals surface area contributed by atoms with Crippen LogP contribution in [0.5, 0.6) is 11.5 Å². The number of carbonyl (C=O) groups is 1. The number of hydrogen-bond donors (Lipinski definition) is 1. The van der Waals surface area contributed by atoms with Crippen LogP contribution in [-0.4, -0.2) is 30.9 Å². The van der Waals surface area contributed by atoms with Crippen molar-refractivity contribution in [1.82, 2.24) is 4.98 Å². The third kappa shape index (κ3) is 7.05. The van der Waals surface area contributed by atoms with Crippen LogP contribution in [0, 0.1) is 6.92 Å². The normalized spacial score (nSPS) is 11.1. The summed E-state index contributed by atoms with van der Waals surface area (Å²) < 4.78 is 16.7. The van der Waals surface area contributed by atoms with E-state index in [1.165, 1.54) is 16.9 Å². The minimum atomic E-state index is -0.290. The fraction of sp³-hybridized carbons (Fsp3) is 0.346. The zero-order chi connectivity index (χ0) is 24.5. The lowest BCUT2D eigenvalue weighted by atomic mass is 10.0. The third-order valence-electron chi connectivity index (χ3n) is 5.04. The number of anilines is 1. The molecule has 1 heterocycles. The Bertz CT molecular complexity index is 1140. The first-order chi connectivity index (χ1) is 16.4. The molecule has 8 heteroatoms. The quantitative estimate of drug-likeness (QED) is 0.214. The fourth-order valence-electron chi connectivity index (χ4n) is 3.35. The van der Waals surface area contributed by atoms with E-state index in [4.69, 9.17) is 14.2 Å². The molecule has 0 saturated heterocycles. The molecule has 0 unspecified atom stereocenters. The molecule has 0 radical (unpaired) electrons. The molecule has 0 aliphatic rings. The van der Waals surface area contributed by atoms with Crippen molar-refractivity contribution in [2.75, 3.05) is 19.1 Å². The van der Waals surface area contributed by atoms with Crippen molar-refractivity contribution in [3.63, 3.8) is 0 Å². The molecule has 0 atom stereocenters. The number of ether oxygens (including phenoxy) is 3. The van der Waals surface area contributed by atoms with Crippen LogP contribution >= 0.6 is 11.3 Å². The van der Waals surface area contributed by atoms with Crippen LogP contribution in [0.15, 0.2) is 46.9 Å². The summed E-state index contributed by atoms with van der Waals surface area (Å²) in [5, 5.41) is 6.70. The SMILES string of the molecule is CCOC(=O)Cc1csc(NN=Cc2ccc(OC)c(COc3cc(C)ccc3C(C)C)c2)n1. The molecule has 180 valence electrons. The number of aryl methyl sites for hydroxylation is 1. The zero-order valence-electron chi connectivity index (χ0n) is 20.3. The van der Waals surface area contributed by atoms with Crippen molar-refractivity contribution in [2.45, 2.75) is 46.6 Å². The standard InChI is InChI=1S/C26H31N3O4S/c1-6-32-25(30)13-21-16-34-26(28-21)29-27-14-19-8-10-23(31-5)20(12-19)15-33-24-11-18(4)7-9-22(24)17(2)3/h7-12,14,16-17H,6,13,15H2,1-5H3,(H,28,29). The molecule has 0 amide bonds. The number of thiazole rings is 1. The highest BCUT2D eigenvalue weighted by molar-refractivity contribution is 7.13. The number of nitrogens with one attached hydrogen (secondary N) is 1. The van der Waals surface area contributed by atoms with E-state index in [0.717, 1.165) is 28.2 Å². The monoisotopic (exact) mass is 481 g/mol. The summed E-state index contributed by atoms with van der Waals surface area (Å²) in [4.78, 5) is 15.9. The van der Waals surface area contributed by atoms with Gasteiger partial charge in [-0.15, -0.1) is 11.3 Å². The van der Waals surface area contributed by atoms with Crippen LogP contribution in [0.1, 0.15) is 54.6 Å². The molecule has 7 nitrogen and oxygen atoms in total. The smallest absolute Gasteiger partial charge is 0.311 e. The number of hydrogen-bond acceptors (Lipinski definition) is 8. The van der Waals surface area contributed by atoms with Crippen LogP contribution in [0.2, 0.25) is 0 Å². The number of hydrazone groups is 1. The summed E-state index contributed by atoms with van der Waals surface area (Å²) in [5.41, 5.74) is 7.72. The van der Waals surface area contributed by atoms with Gasteiger partial charge in [0.15, 0.2) is 0 Å². The first-order valence-electron chi connectivity index (χ1n) is 11.2. The second-order valence-electron chi connectivity index (χ2n) is 8.05. The van der Waals surface area contributed by atoms with Gasteiger partial charge in [0.25, 0.3) is 0 Å². The average molecular weight is 482 g/mol. The summed E-state index contributed by atoms with van der Waals surface area (Å²) in [6.07, 6.45) is 1.86. The Hall–Kier alpha value is -3.39. The summed E-state index contributed by atoms with van der Waals surface area (Å²) in [7, 11) is 1.65. The molecule has 1 N–H and O–H groups in total.